The van der Waals surface area contributed by atoms with E-state index < -0.39 is 24.8 Å². The molecule has 1 N–H and O–H groups in total. The van der Waals surface area contributed by atoms with Crippen LogP contribution in [0, 0.1) is 5.41 Å². The molecule has 0 amide bonds. The standard InChI is InChI=1S/C11H21F3O2/c1-10(2,3)9(16-4)8(15)6-5-7-11(12,13)14/h8-9,15H,5-7H2,1-4H3. The molecule has 5 heteroatoms. The molecule has 0 fully saturated rings. The molecule has 0 aromatic rings. The lowest BCUT2D eigenvalue weighted by molar-refractivity contribution is -0.138. The number of halogens is 3. The topological polar surface area (TPSA) is 29.5 Å². The second-order valence-electron chi connectivity index (χ2n) is 5.10. The van der Waals surface area contributed by atoms with Gasteiger partial charge in [0.25, 0.3) is 0 Å². The van der Waals surface area contributed by atoms with E-state index in [1.807, 2.05) is 20.8 Å². The quantitative estimate of drug-likeness (QED) is 0.802. The Kier molecular flexibility index (Phi) is 5.76. The van der Waals surface area contributed by atoms with E-state index in [-0.39, 0.29) is 18.3 Å². The van der Waals surface area contributed by atoms with Crippen molar-refractivity contribution in [2.45, 2.75) is 58.4 Å². The smallest absolute Gasteiger partial charge is 0.389 e. The Balaban J connectivity index is 4.09. The Labute approximate surface area is 94.8 Å². The number of hydrogen-bond acceptors (Lipinski definition) is 2. The predicted octanol–water partition coefficient (Wildman–Crippen LogP) is 3.14. The van der Waals surface area contributed by atoms with Gasteiger partial charge in [-0.2, -0.15) is 13.2 Å². The van der Waals surface area contributed by atoms with Gasteiger partial charge in [-0.15, -0.1) is 0 Å². The minimum Gasteiger partial charge on any atom is -0.390 e. The van der Waals surface area contributed by atoms with Gasteiger partial charge in [-0.3, -0.25) is 0 Å². The molecular weight excluding hydrogens is 221 g/mol. The molecule has 0 aromatic heterocycles. The normalized spacial score (nSPS) is 17.2. The highest BCUT2D eigenvalue weighted by atomic mass is 19.4. The van der Waals surface area contributed by atoms with Crippen molar-refractivity contribution >= 4 is 0 Å². The number of rotatable bonds is 5. The number of aliphatic hydroxyl groups is 1. The fraction of sp³-hybridized carbons (Fsp3) is 1.00. The van der Waals surface area contributed by atoms with E-state index >= 15 is 0 Å². The first-order valence-electron chi connectivity index (χ1n) is 5.35. The van der Waals surface area contributed by atoms with Crippen molar-refractivity contribution in [3.05, 3.63) is 0 Å². The molecule has 0 aliphatic heterocycles. The van der Waals surface area contributed by atoms with Crippen molar-refractivity contribution in [3.63, 3.8) is 0 Å². The van der Waals surface area contributed by atoms with Gasteiger partial charge < -0.3 is 9.84 Å². The molecule has 0 aliphatic carbocycles. The third-order valence-corrected chi connectivity index (χ3v) is 2.42. The van der Waals surface area contributed by atoms with Gasteiger partial charge >= 0.3 is 6.18 Å². The molecule has 0 spiro atoms. The first-order chi connectivity index (χ1) is 7.08. The molecule has 0 heterocycles. The molecule has 98 valence electrons. The maximum atomic E-state index is 11.9. The van der Waals surface area contributed by atoms with E-state index in [1.54, 1.807) is 0 Å². The summed E-state index contributed by atoms with van der Waals surface area (Å²) in [5.41, 5.74) is -0.285. The Morgan fingerprint density at radius 1 is 1.19 bits per heavy atom. The van der Waals surface area contributed by atoms with Crippen LogP contribution in [0.1, 0.15) is 40.0 Å². The minimum absolute atomic E-state index is 0.0688. The van der Waals surface area contributed by atoms with Gasteiger partial charge in [-0.05, 0) is 18.3 Å². The summed E-state index contributed by atoms with van der Waals surface area (Å²) in [4.78, 5) is 0. The van der Waals surface area contributed by atoms with Crippen LogP contribution >= 0.6 is 0 Å². The van der Waals surface area contributed by atoms with Crippen molar-refractivity contribution in [3.8, 4) is 0 Å². The predicted molar refractivity (Wildman–Crippen MR) is 56.2 cm³/mol. The number of aliphatic hydroxyl groups excluding tert-OH is 1. The molecule has 0 aliphatic rings. The van der Waals surface area contributed by atoms with Crippen LogP contribution in [0.5, 0.6) is 0 Å². The summed E-state index contributed by atoms with van der Waals surface area (Å²) in [6, 6.07) is 0. The fourth-order valence-corrected chi connectivity index (χ4v) is 1.75. The molecule has 0 saturated heterocycles. The molecule has 0 bridgehead atoms. The van der Waals surface area contributed by atoms with Crippen LogP contribution in [-0.4, -0.2) is 30.6 Å². The number of ether oxygens (including phenoxy) is 1. The summed E-state index contributed by atoms with van der Waals surface area (Å²) in [5, 5.41) is 9.75. The van der Waals surface area contributed by atoms with Crippen molar-refractivity contribution in [1.29, 1.82) is 0 Å². The van der Waals surface area contributed by atoms with Crippen LogP contribution < -0.4 is 0 Å². The molecule has 2 nitrogen and oxygen atoms in total. The lowest BCUT2D eigenvalue weighted by Crippen LogP contribution is -2.39. The van der Waals surface area contributed by atoms with E-state index in [0.717, 1.165) is 0 Å². The van der Waals surface area contributed by atoms with E-state index in [1.165, 1.54) is 7.11 Å². The molecule has 2 unspecified atom stereocenters. The summed E-state index contributed by atoms with van der Waals surface area (Å²) in [6.07, 6.45) is -6.27. The number of alkyl halides is 3. The van der Waals surface area contributed by atoms with E-state index in [9.17, 15) is 18.3 Å². The van der Waals surface area contributed by atoms with Gasteiger partial charge in [0.1, 0.15) is 0 Å². The third kappa shape index (κ3) is 6.33. The second-order valence-corrected chi connectivity index (χ2v) is 5.10. The molecule has 0 radical (unpaired) electrons. The summed E-state index contributed by atoms with van der Waals surface area (Å²) in [7, 11) is 1.46. The maximum absolute atomic E-state index is 11.9. The van der Waals surface area contributed by atoms with Crippen LogP contribution in [0.3, 0.4) is 0 Å². The fourth-order valence-electron chi connectivity index (χ4n) is 1.75. The number of methoxy groups -OCH3 is 1. The van der Waals surface area contributed by atoms with Crippen LogP contribution in [-0.2, 0) is 4.74 Å². The molecule has 16 heavy (non-hydrogen) atoms. The molecule has 0 rings (SSSR count). The van der Waals surface area contributed by atoms with Crippen LogP contribution in [0.2, 0.25) is 0 Å². The largest absolute Gasteiger partial charge is 0.390 e. The lowest BCUT2D eigenvalue weighted by atomic mass is 9.84. The zero-order valence-corrected chi connectivity index (χ0v) is 10.3. The van der Waals surface area contributed by atoms with Gasteiger partial charge in [-0.1, -0.05) is 20.8 Å². The summed E-state index contributed by atoms with van der Waals surface area (Å²) < 4.78 is 40.9. The first-order valence-corrected chi connectivity index (χ1v) is 5.35. The highest BCUT2D eigenvalue weighted by Gasteiger charge is 2.32. The van der Waals surface area contributed by atoms with Crippen molar-refractivity contribution in [2.24, 2.45) is 5.41 Å². The highest BCUT2D eigenvalue weighted by Crippen LogP contribution is 2.28. The second kappa shape index (κ2) is 5.87. The molecule has 0 saturated carbocycles. The SMILES string of the molecule is COC(C(O)CCCC(F)(F)F)C(C)(C)C. The average molecular weight is 242 g/mol. The summed E-state index contributed by atoms with van der Waals surface area (Å²) in [6.45, 7) is 5.65. The van der Waals surface area contributed by atoms with Gasteiger partial charge in [-0.25, -0.2) is 0 Å². The van der Waals surface area contributed by atoms with Crippen LogP contribution in [0.4, 0.5) is 13.2 Å². The van der Waals surface area contributed by atoms with Crippen LogP contribution in [0.15, 0.2) is 0 Å². The lowest BCUT2D eigenvalue weighted by Gasteiger charge is -2.33. The highest BCUT2D eigenvalue weighted by molar-refractivity contribution is 4.81. The van der Waals surface area contributed by atoms with E-state index in [2.05, 4.69) is 0 Å². The van der Waals surface area contributed by atoms with Crippen molar-refractivity contribution in [1.82, 2.24) is 0 Å². The van der Waals surface area contributed by atoms with Crippen molar-refractivity contribution in [2.75, 3.05) is 7.11 Å². The molecular formula is C11H21F3O2. The van der Waals surface area contributed by atoms with Gasteiger partial charge in [0.2, 0.25) is 0 Å². The first kappa shape index (κ1) is 15.7. The van der Waals surface area contributed by atoms with E-state index in [4.69, 9.17) is 4.74 Å². The van der Waals surface area contributed by atoms with E-state index in [0.29, 0.717) is 0 Å². The minimum atomic E-state index is -4.15. The maximum Gasteiger partial charge on any atom is 0.389 e. The van der Waals surface area contributed by atoms with Crippen LogP contribution in [0.25, 0.3) is 0 Å². The van der Waals surface area contributed by atoms with Gasteiger partial charge in [0.05, 0.1) is 12.2 Å². The third-order valence-electron chi connectivity index (χ3n) is 2.42. The summed E-state index contributed by atoms with van der Waals surface area (Å²) in [5.74, 6) is 0. The Bertz CT molecular complexity index is 196. The van der Waals surface area contributed by atoms with Gasteiger partial charge in [0, 0.05) is 13.5 Å². The molecule has 0 aromatic carbocycles. The Morgan fingerprint density at radius 2 is 1.69 bits per heavy atom. The average Bonchev–Trinajstić information content (AvgIpc) is 1.99. The Hall–Kier alpha value is -0.290. The zero-order chi connectivity index (χ0) is 13.0. The van der Waals surface area contributed by atoms with Crippen molar-refractivity contribution < 1.29 is 23.0 Å². The Morgan fingerprint density at radius 3 is 2.00 bits per heavy atom. The van der Waals surface area contributed by atoms with Gasteiger partial charge in [0.15, 0.2) is 0 Å². The summed E-state index contributed by atoms with van der Waals surface area (Å²) >= 11 is 0. The molecule has 2 atom stereocenters. The zero-order valence-electron chi connectivity index (χ0n) is 10.3. The monoisotopic (exact) mass is 242 g/mol. The number of hydrogen-bond donors (Lipinski definition) is 1.